The lowest BCUT2D eigenvalue weighted by molar-refractivity contribution is 0.566. The Morgan fingerprint density at radius 3 is 1.68 bits per heavy atom. The second kappa shape index (κ2) is 13.1. The number of hydrogen-bond acceptors (Lipinski definition) is 1. The van der Waals surface area contributed by atoms with Crippen molar-refractivity contribution >= 4 is 115 Å². The molecule has 0 aliphatic carbocycles. The molecule has 2 aliphatic heterocycles. The number of benzene rings is 11. The van der Waals surface area contributed by atoms with Crippen LogP contribution in [0.3, 0.4) is 0 Å². The summed E-state index contributed by atoms with van der Waals surface area (Å²) in [5, 5.41) is 17.8. The molecule has 0 amide bonds. The number of furan rings is 1. The lowest BCUT2D eigenvalue weighted by atomic mass is 9.41. The molecule has 0 fully saturated rings. The summed E-state index contributed by atoms with van der Waals surface area (Å²) in [5.74, 6) is -0.0516. The molecule has 11 aromatic carbocycles. The molecule has 0 saturated heterocycles. The van der Waals surface area contributed by atoms with Crippen LogP contribution in [0.25, 0.3) is 109 Å². The Morgan fingerprint density at radius 2 is 1.01 bits per heavy atom. The van der Waals surface area contributed by atoms with E-state index in [0.717, 1.165) is 16.6 Å². The van der Waals surface area contributed by atoms with Crippen molar-refractivity contribution in [3.63, 3.8) is 0 Å². The smallest absolute Gasteiger partial charge is 0.329 e. The summed E-state index contributed by atoms with van der Waals surface area (Å²) in [6, 6.07) is 67.5. The quantitative estimate of drug-likeness (QED) is 0.0913. The van der Waals surface area contributed by atoms with Gasteiger partial charge in [0.25, 0.3) is 0 Å². The minimum atomic E-state index is -0.110. The number of nitrogens with zero attached hydrogens (tertiary/aromatic N) is 1. The van der Waals surface area contributed by atoms with Gasteiger partial charge >= 0.3 is 6.85 Å². The van der Waals surface area contributed by atoms with Crippen LogP contribution >= 0.6 is 0 Å². The monoisotopic (exact) mass is 869 g/mol. The summed E-state index contributed by atoms with van der Waals surface area (Å²) >= 11 is 0. The number of fused-ring (bicyclic) bond motifs is 20. The molecule has 0 radical (unpaired) electrons. The zero-order valence-corrected chi connectivity index (χ0v) is 39.3. The number of rotatable bonds is 1. The molecule has 2 aromatic heterocycles. The minimum absolute atomic E-state index is 0.0516. The van der Waals surface area contributed by atoms with Gasteiger partial charge in [0.05, 0.1) is 0 Å². The van der Waals surface area contributed by atoms with Crippen molar-refractivity contribution in [3.8, 4) is 11.1 Å². The van der Waals surface area contributed by atoms with E-state index < -0.39 is 0 Å². The zero-order valence-electron chi connectivity index (χ0n) is 39.3. The minimum Gasteiger partial charge on any atom is -0.455 e. The Kier molecular flexibility index (Phi) is 7.41. The van der Waals surface area contributed by atoms with E-state index in [1.54, 1.807) is 0 Å². The van der Waals surface area contributed by atoms with Gasteiger partial charge in [-0.3, -0.25) is 0 Å². The van der Waals surface area contributed by atoms with Crippen molar-refractivity contribution in [2.45, 2.75) is 58.3 Å². The number of aromatic nitrogens is 1. The van der Waals surface area contributed by atoms with Gasteiger partial charge in [0.1, 0.15) is 11.2 Å². The van der Waals surface area contributed by atoms with Gasteiger partial charge in [-0.2, -0.15) is 0 Å². The largest absolute Gasteiger partial charge is 0.455 e. The fraction of sp³-hybridized carbons (Fsp3) is 0.138. The van der Waals surface area contributed by atoms with Gasteiger partial charge in [-0.1, -0.05) is 181 Å². The summed E-state index contributed by atoms with van der Waals surface area (Å²) in [6.07, 6.45) is 0. The van der Waals surface area contributed by atoms with E-state index in [1.165, 1.54) is 131 Å². The fourth-order valence-electron chi connectivity index (χ4n) is 12.9. The first kappa shape index (κ1) is 38.5. The second-order valence-corrected chi connectivity index (χ2v) is 22.0. The third-order valence-electron chi connectivity index (χ3n) is 16.1. The van der Waals surface area contributed by atoms with Crippen LogP contribution in [0.5, 0.6) is 0 Å². The van der Waals surface area contributed by atoms with E-state index in [9.17, 15) is 0 Å². The summed E-state index contributed by atoms with van der Waals surface area (Å²) < 4.78 is 9.92. The summed E-state index contributed by atoms with van der Waals surface area (Å²) in [5.41, 5.74) is 16.4. The molecule has 1 atom stereocenters. The summed E-state index contributed by atoms with van der Waals surface area (Å²) in [6.45, 7) is 14.1. The molecule has 2 nitrogen and oxygen atoms in total. The van der Waals surface area contributed by atoms with Crippen LogP contribution in [-0.2, 0) is 10.8 Å². The molecule has 1 unspecified atom stereocenters. The van der Waals surface area contributed by atoms with Crippen molar-refractivity contribution in [3.05, 3.63) is 204 Å². The third-order valence-corrected chi connectivity index (χ3v) is 16.1. The maximum atomic E-state index is 7.20. The molecule has 0 bridgehead atoms. The second-order valence-electron chi connectivity index (χ2n) is 22.0. The molecule has 13 aromatic rings. The zero-order chi connectivity index (χ0) is 45.5. The van der Waals surface area contributed by atoms with Crippen LogP contribution in [0.15, 0.2) is 180 Å². The molecule has 322 valence electrons. The Morgan fingerprint density at radius 1 is 0.456 bits per heavy atom. The molecule has 0 N–H and O–H groups in total. The van der Waals surface area contributed by atoms with Gasteiger partial charge < -0.3 is 8.90 Å². The number of hydrogen-bond donors (Lipinski definition) is 0. The maximum absolute atomic E-state index is 7.20. The SMILES string of the molecule is CC(C)(C)c1cc(C2c3cc4cc5c6ccccc6c6ccccc6c5cc4cc3B3c4c2cc2c(oc5ccccc52)c4-c2cc4ccccc4c4c5ccccc5n3c24)cc(C(C)(C)C)c1. The van der Waals surface area contributed by atoms with Gasteiger partial charge in [0.2, 0.25) is 0 Å². The van der Waals surface area contributed by atoms with Crippen molar-refractivity contribution < 1.29 is 4.42 Å². The Hall–Kier alpha value is -7.62. The average molecular weight is 870 g/mol. The van der Waals surface area contributed by atoms with E-state index in [4.69, 9.17) is 4.42 Å². The highest BCUT2D eigenvalue weighted by molar-refractivity contribution is 6.89. The van der Waals surface area contributed by atoms with Gasteiger partial charge in [0.15, 0.2) is 0 Å². The van der Waals surface area contributed by atoms with Gasteiger partial charge in [0, 0.05) is 49.6 Å². The molecule has 4 heterocycles. The van der Waals surface area contributed by atoms with Crippen LogP contribution < -0.4 is 10.9 Å². The van der Waals surface area contributed by atoms with Crippen molar-refractivity contribution in [2.75, 3.05) is 0 Å². The van der Waals surface area contributed by atoms with Crippen LogP contribution in [-0.4, -0.2) is 11.3 Å². The van der Waals surface area contributed by atoms with Crippen molar-refractivity contribution in [1.82, 2.24) is 4.48 Å². The molecular weight excluding hydrogens is 822 g/mol. The number of para-hydroxylation sites is 2. The van der Waals surface area contributed by atoms with E-state index in [0.29, 0.717) is 0 Å². The van der Waals surface area contributed by atoms with Crippen LogP contribution in [0.4, 0.5) is 0 Å². The molecule has 0 saturated carbocycles. The predicted octanol–water partition coefficient (Wildman–Crippen LogP) is 16.2. The highest BCUT2D eigenvalue weighted by atomic mass is 16.3. The topological polar surface area (TPSA) is 18.1 Å². The van der Waals surface area contributed by atoms with Gasteiger partial charge in [-0.05, 0) is 140 Å². The molecule has 0 spiro atoms. The maximum Gasteiger partial charge on any atom is 0.329 e. The normalized spacial score (nSPS) is 14.7. The molecule has 2 aliphatic rings. The summed E-state index contributed by atoms with van der Waals surface area (Å²) in [4.78, 5) is 0. The van der Waals surface area contributed by atoms with E-state index in [-0.39, 0.29) is 23.6 Å². The van der Waals surface area contributed by atoms with E-state index in [1.807, 2.05) is 0 Å². The standard InChI is InChI=1S/C65H48BNO/c1-64(2,3)40-27-39(28-41(34-40)65(4,5)6)58-52-32-37-30-49-45-21-11-9-19-43(45)44-20-10-12-22-46(44)50(49)31-38(37)33-55(52)66-61-53(58)35-51-47-23-14-16-26-57(47)68-63(51)60(61)54-29-36-17-7-8-18-42(36)59-48-24-13-15-25-56(48)67(66)62(54)59/h7-35,58H,1-6H3. The lowest BCUT2D eigenvalue weighted by Crippen LogP contribution is -2.57. The Balaban J connectivity index is 1.17. The van der Waals surface area contributed by atoms with E-state index >= 15 is 0 Å². The van der Waals surface area contributed by atoms with Crippen molar-refractivity contribution in [2.24, 2.45) is 0 Å². The first-order valence-corrected chi connectivity index (χ1v) is 24.4. The van der Waals surface area contributed by atoms with E-state index in [2.05, 4.69) is 222 Å². The Labute approximate surface area is 395 Å². The van der Waals surface area contributed by atoms with Crippen molar-refractivity contribution in [1.29, 1.82) is 0 Å². The highest BCUT2D eigenvalue weighted by Gasteiger charge is 2.45. The molecule has 3 heteroatoms. The third kappa shape index (κ3) is 5.04. The van der Waals surface area contributed by atoms with Crippen LogP contribution in [0, 0.1) is 0 Å². The average Bonchev–Trinajstić information content (AvgIpc) is 3.90. The fourth-order valence-corrected chi connectivity index (χ4v) is 12.9. The highest BCUT2D eigenvalue weighted by Crippen LogP contribution is 2.51. The first-order chi connectivity index (χ1) is 33.0. The van der Waals surface area contributed by atoms with Gasteiger partial charge in [-0.25, -0.2) is 0 Å². The van der Waals surface area contributed by atoms with Crippen LogP contribution in [0.1, 0.15) is 75.3 Å². The predicted molar refractivity (Wildman–Crippen MR) is 291 cm³/mol. The first-order valence-electron chi connectivity index (χ1n) is 24.4. The molecular formula is C65H48BNO. The molecule has 68 heavy (non-hydrogen) atoms. The summed E-state index contributed by atoms with van der Waals surface area (Å²) in [7, 11) is 0. The van der Waals surface area contributed by atoms with Gasteiger partial charge in [-0.15, -0.1) is 0 Å². The molecule has 15 rings (SSSR count). The lowest BCUT2D eigenvalue weighted by Gasteiger charge is -2.39. The Bertz CT molecular complexity index is 4380. The van der Waals surface area contributed by atoms with Crippen LogP contribution in [0.2, 0.25) is 0 Å².